The third-order valence-electron chi connectivity index (χ3n) is 7.65. The number of aromatic nitrogens is 1. The zero-order chi connectivity index (χ0) is 32.0. The van der Waals surface area contributed by atoms with Gasteiger partial charge in [-0.1, -0.05) is 30.3 Å². The topological polar surface area (TPSA) is 121 Å². The number of thioether (sulfide) groups is 1. The van der Waals surface area contributed by atoms with E-state index in [0.717, 1.165) is 19.1 Å². The van der Waals surface area contributed by atoms with Gasteiger partial charge in [-0.15, -0.1) is 0 Å². The van der Waals surface area contributed by atoms with E-state index in [1.807, 2.05) is 13.0 Å². The molecule has 0 saturated carbocycles. The van der Waals surface area contributed by atoms with Gasteiger partial charge in [0.25, 0.3) is 11.8 Å². The van der Waals surface area contributed by atoms with Gasteiger partial charge < -0.3 is 29.7 Å². The molecular formula is C31H34F3N3O6S. The molecule has 0 aliphatic carbocycles. The Labute approximate surface area is 256 Å². The number of benzene rings is 2. The number of hydrogen-bond donors (Lipinski definition) is 3. The molecule has 2 bridgehead atoms. The van der Waals surface area contributed by atoms with Crippen LogP contribution in [0.2, 0.25) is 0 Å². The average molecular weight is 634 g/mol. The normalized spacial score (nSPS) is 18.9. The molecule has 236 valence electrons. The Balaban J connectivity index is 0.00000216. The van der Waals surface area contributed by atoms with Crippen LogP contribution < -0.4 is 15.5 Å². The third kappa shape index (κ3) is 6.95. The highest BCUT2D eigenvalue weighted by molar-refractivity contribution is 7.99. The molecule has 2 aliphatic heterocycles. The molecule has 2 aliphatic rings. The molecule has 2 amide bonds. The van der Waals surface area contributed by atoms with Crippen LogP contribution in [0.4, 0.5) is 13.2 Å². The molecule has 13 heteroatoms. The first kappa shape index (κ1) is 33.1. The molecule has 3 atom stereocenters. The summed E-state index contributed by atoms with van der Waals surface area (Å²) in [5.74, 6) is -4.59. The number of pyridine rings is 1. The first-order valence-electron chi connectivity index (χ1n) is 14.0. The second-order valence-electron chi connectivity index (χ2n) is 10.3. The van der Waals surface area contributed by atoms with Crippen LogP contribution in [-0.2, 0) is 13.2 Å². The summed E-state index contributed by atoms with van der Waals surface area (Å²) in [4.78, 5) is 42.6. The zero-order valence-corrected chi connectivity index (χ0v) is 25.1. The minimum Gasteiger partial charge on any atom is -0.483 e. The van der Waals surface area contributed by atoms with Crippen molar-refractivity contribution in [2.75, 3.05) is 26.0 Å². The van der Waals surface area contributed by atoms with Crippen molar-refractivity contribution in [3.63, 3.8) is 0 Å². The van der Waals surface area contributed by atoms with Gasteiger partial charge in [-0.2, -0.15) is 11.8 Å². The van der Waals surface area contributed by atoms with Gasteiger partial charge in [0.15, 0.2) is 11.4 Å². The number of hydrogen-bond acceptors (Lipinski definition) is 7. The van der Waals surface area contributed by atoms with Crippen molar-refractivity contribution in [1.82, 2.24) is 14.8 Å². The van der Waals surface area contributed by atoms with E-state index in [2.05, 4.69) is 5.32 Å². The van der Waals surface area contributed by atoms with Crippen molar-refractivity contribution in [1.29, 1.82) is 0 Å². The lowest BCUT2D eigenvalue weighted by Gasteiger charge is -2.39. The standard InChI is InChI=1S/C30H30F3N3O5S.CH4O/c1-17-7-8-25(42-10-9-37)24-15-35(17)30(40)26-28(41-16-18-5-3-2-4-6-18)27(38)21(14-36(24)26)29(39)34-13-20-22(32)11-19(31)12-23(20)33;1-2/h2-6,11-12,14,17,24-25,37H,7-10,13,15-16H2,1H3,(H,34,39);2H,1H3. The second kappa shape index (κ2) is 14.8. The van der Waals surface area contributed by atoms with E-state index < -0.39 is 46.8 Å². The zero-order valence-electron chi connectivity index (χ0n) is 24.3. The van der Waals surface area contributed by atoms with E-state index in [-0.39, 0.29) is 47.6 Å². The first-order chi connectivity index (χ1) is 21.2. The van der Waals surface area contributed by atoms with E-state index in [4.69, 9.17) is 9.84 Å². The molecule has 3 unspecified atom stereocenters. The summed E-state index contributed by atoms with van der Waals surface area (Å²) in [6.07, 6.45) is 2.76. The molecule has 5 rings (SSSR count). The van der Waals surface area contributed by atoms with Crippen LogP contribution >= 0.6 is 11.8 Å². The summed E-state index contributed by atoms with van der Waals surface area (Å²) >= 11 is 1.55. The van der Waals surface area contributed by atoms with Gasteiger partial charge in [-0.25, -0.2) is 13.2 Å². The van der Waals surface area contributed by atoms with Crippen LogP contribution in [0.3, 0.4) is 0 Å². The Morgan fingerprint density at radius 1 is 1.09 bits per heavy atom. The van der Waals surface area contributed by atoms with Crippen LogP contribution in [0, 0.1) is 17.5 Å². The van der Waals surface area contributed by atoms with E-state index in [9.17, 15) is 32.7 Å². The van der Waals surface area contributed by atoms with Crippen LogP contribution in [0.1, 0.15) is 57.8 Å². The minimum absolute atomic E-state index is 0.0291. The Morgan fingerprint density at radius 2 is 1.77 bits per heavy atom. The molecule has 3 aromatic rings. The largest absolute Gasteiger partial charge is 0.483 e. The van der Waals surface area contributed by atoms with Gasteiger partial charge in [0.2, 0.25) is 5.43 Å². The highest BCUT2D eigenvalue weighted by atomic mass is 32.2. The van der Waals surface area contributed by atoms with Crippen LogP contribution in [0.5, 0.6) is 5.75 Å². The van der Waals surface area contributed by atoms with Gasteiger partial charge in [-0.05, 0) is 25.3 Å². The Morgan fingerprint density at radius 3 is 2.43 bits per heavy atom. The molecule has 2 aromatic carbocycles. The number of rotatable bonds is 9. The predicted octanol–water partition coefficient (Wildman–Crippen LogP) is 3.66. The molecule has 1 aromatic heterocycles. The fourth-order valence-electron chi connectivity index (χ4n) is 5.45. The van der Waals surface area contributed by atoms with Crippen LogP contribution in [0.25, 0.3) is 0 Å². The number of amides is 2. The number of halogens is 3. The number of aliphatic hydroxyl groups is 2. The number of nitrogens with zero attached hydrogens (tertiary/aromatic N) is 2. The predicted molar refractivity (Wildman–Crippen MR) is 159 cm³/mol. The van der Waals surface area contributed by atoms with Crippen molar-refractivity contribution in [2.45, 2.75) is 50.3 Å². The maximum absolute atomic E-state index is 14.2. The first-order valence-corrected chi connectivity index (χ1v) is 15.1. The summed E-state index contributed by atoms with van der Waals surface area (Å²) < 4.78 is 49.4. The van der Waals surface area contributed by atoms with E-state index in [1.165, 1.54) is 6.20 Å². The lowest BCUT2D eigenvalue weighted by atomic mass is 10.0. The lowest BCUT2D eigenvalue weighted by molar-refractivity contribution is 0.0603. The Hall–Kier alpha value is -3.81. The smallest absolute Gasteiger partial charge is 0.274 e. The molecule has 44 heavy (non-hydrogen) atoms. The number of nitrogens with one attached hydrogen (secondary N) is 1. The lowest BCUT2D eigenvalue weighted by Crippen LogP contribution is -2.49. The van der Waals surface area contributed by atoms with Crippen LogP contribution in [-0.4, -0.2) is 68.8 Å². The van der Waals surface area contributed by atoms with Crippen LogP contribution in [0.15, 0.2) is 53.5 Å². The van der Waals surface area contributed by atoms with Gasteiger partial charge >= 0.3 is 0 Å². The SMILES string of the molecule is CC1CCC(SCCO)C2CN1C(=O)c1c(OCc3ccccc3)c(=O)c(C(=O)NCc3c(F)cc(F)cc3F)cn12.CO. The summed E-state index contributed by atoms with van der Waals surface area (Å²) in [5.41, 5.74) is -1.00. The van der Waals surface area contributed by atoms with Crippen molar-refractivity contribution in [2.24, 2.45) is 0 Å². The molecule has 0 spiro atoms. The van der Waals surface area contributed by atoms with Crippen molar-refractivity contribution >= 4 is 23.6 Å². The number of fused-ring (bicyclic) bond motifs is 4. The monoisotopic (exact) mass is 633 g/mol. The second-order valence-corrected chi connectivity index (χ2v) is 11.7. The van der Waals surface area contributed by atoms with Gasteiger partial charge in [0, 0.05) is 61.1 Å². The van der Waals surface area contributed by atoms with E-state index in [0.29, 0.717) is 30.9 Å². The molecule has 1 fully saturated rings. The highest BCUT2D eigenvalue weighted by Gasteiger charge is 2.43. The number of ether oxygens (including phenoxy) is 1. The van der Waals surface area contributed by atoms with Crippen molar-refractivity contribution < 1.29 is 37.7 Å². The Bertz CT molecular complexity index is 1530. The average Bonchev–Trinajstić information content (AvgIpc) is 3.16. The summed E-state index contributed by atoms with van der Waals surface area (Å²) in [6, 6.07) is 9.58. The quantitative estimate of drug-likeness (QED) is 0.329. The van der Waals surface area contributed by atoms with Crippen molar-refractivity contribution in [3.8, 4) is 5.75 Å². The summed E-state index contributed by atoms with van der Waals surface area (Å²) in [5, 5.41) is 18.8. The molecule has 9 nitrogen and oxygen atoms in total. The maximum Gasteiger partial charge on any atom is 0.274 e. The molecular weight excluding hydrogens is 599 g/mol. The maximum atomic E-state index is 14.2. The van der Waals surface area contributed by atoms with Gasteiger partial charge in [0.1, 0.15) is 29.6 Å². The highest BCUT2D eigenvalue weighted by Crippen LogP contribution is 2.39. The summed E-state index contributed by atoms with van der Waals surface area (Å²) in [6.45, 7) is 1.57. The number of carbonyl (C=O) groups excluding carboxylic acids is 2. The fraction of sp³-hybridized carbons (Fsp3) is 0.387. The minimum atomic E-state index is -1.18. The number of aliphatic hydroxyl groups excluding tert-OH is 2. The fourth-order valence-corrected chi connectivity index (χ4v) is 6.60. The molecule has 1 saturated heterocycles. The third-order valence-corrected chi connectivity index (χ3v) is 9.05. The molecule has 3 heterocycles. The molecule has 3 N–H and O–H groups in total. The van der Waals surface area contributed by atoms with Gasteiger partial charge in [-0.3, -0.25) is 14.4 Å². The van der Waals surface area contributed by atoms with Crippen molar-refractivity contribution in [3.05, 3.63) is 98.7 Å². The van der Waals surface area contributed by atoms with Gasteiger partial charge in [0.05, 0.1) is 12.6 Å². The number of carbonyl (C=O) groups is 2. The Kier molecular flexibility index (Phi) is 11.1. The summed E-state index contributed by atoms with van der Waals surface area (Å²) in [7, 11) is 1.00. The van der Waals surface area contributed by atoms with E-state index >= 15 is 0 Å². The molecule has 0 radical (unpaired) electrons. The van der Waals surface area contributed by atoms with E-state index in [1.54, 1.807) is 45.5 Å².